The molecule has 0 unspecified atom stereocenters. The average molecular weight is 321 g/mol. The van der Waals surface area contributed by atoms with E-state index < -0.39 is 5.97 Å². The highest BCUT2D eigenvalue weighted by Gasteiger charge is 2.15. The third kappa shape index (κ3) is 2.71. The van der Waals surface area contributed by atoms with Gasteiger partial charge in [-0.3, -0.25) is 0 Å². The summed E-state index contributed by atoms with van der Waals surface area (Å²) in [5.74, 6) is -0.144. The molecule has 0 spiro atoms. The summed E-state index contributed by atoms with van der Waals surface area (Å²) in [4.78, 5) is 16.5. The van der Waals surface area contributed by atoms with E-state index in [1.807, 2.05) is 50.2 Å². The quantitative estimate of drug-likeness (QED) is 0.769. The Morgan fingerprint density at radius 3 is 2.62 bits per heavy atom. The van der Waals surface area contributed by atoms with E-state index in [2.05, 4.69) is 0 Å². The van der Waals surface area contributed by atoms with Crippen molar-refractivity contribution in [1.82, 2.24) is 4.98 Å². The molecule has 1 N–H and O–H groups in total. The van der Waals surface area contributed by atoms with Crippen molar-refractivity contribution in [3.05, 3.63) is 59.2 Å². The zero-order chi connectivity index (χ0) is 17.3. The second-order valence-corrected chi connectivity index (χ2v) is 5.71. The Morgan fingerprint density at radius 2 is 2.00 bits per heavy atom. The number of aromatic nitrogens is 1. The smallest absolute Gasteiger partial charge is 0.336 e. The summed E-state index contributed by atoms with van der Waals surface area (Å²) in [5, 5.41) is 10.3. The van der Waals surface area contributed by atoms with Crippen LogP contribution in [0.1, 0.15) is 28.4 Å². The summed E-state index contributed by atoms with van der Waals surface area (Å²) < 4.78 is 5.29. The van der Waals surface area contributed by atoms with Crippen LogP contribution in [-0.2, 0) is 6.42 Å². The molecule has 0 aliphatic heterocycles. The zero-order valence-corrected chi connectivity index (χ0v) is 14.0. The number of methoxy groups -OCH3 is 1. The molecule has 0 aliphatic carbocycles. The van der Waals surface area contributed by atoms with Gasteiger partial charge in [-0.2, -0.15) is 0 Å². The molecule has 0 saturated carbocycles. The van der Waals surface area contributed by atoms with Gasteiger partial charge in [-0.05, 0) is 48.7 Å². The van der Waals surface area contributed by atoms with Gasteiger partial charge in [0.1, 0.15) is 5.75 Å². The van der Waals surface area contributed by atoms with Crippen LogP contribution in [0, 0.1) is 6.92 Å². The lowest BCUT2D eigenvalue weighted by molar-refractivity contribution is 0.0699. The number of pyridine rings is 1. The Labute approximate surface area is 140 Å². The monoisotopic (exact) mass is 321 g/mol. The average Bonchev–Trinajstić information content (AvgIpc) is 2.59. The maximum absolute atomic E-state index is 11.7. The number of hydrogen-bond donors (Lipinski definition) is 1. The maximum Gasteiger partial charge on any atom is 0.336 e. The summed E-state index contributed by atoms with van der Waals surface area (Å²) in [6.45, 7) is 4.00. The van der Waals surface area contributed by atoms with E-state index in [0.717, 1.165) is 34.4 Å². The Kier molecular flexibility index (Phi) is 4.21. The minimum atomic E-state index is -0.942. The minimum absolute atomic E-state index is 0.277. The topological polar surface area (TPSA) is 59.4 Å². The van der Waals surface area contributed by atoms with Crippen molar-refractivity contribution in [2.24, 2.45) is 0 Å². The molecule has 0 saturated heterocycles. The summed E-state index contributed by atoms with van der Waals surface area (Å²) in [6, 6.07) is 13.1. The van der Waals surface area contributed by atoms with Crippen molar-refractivity contribution in [3.63, 3.8) is 0 Å². The first-order chi connectivity index (χ1) is 11.5. The van der Waals surface area contributed by atoms with E-state index in [1.165, 1.54) is 0 Å². The number of benzene rings is 2. The minimum Gasteiger partial charge on any atom is -0.496 e. The van der Waals surface area contributed by atoms with Crippen LogP contribution in [0.15, 0.2) is 42.5 Å². The first-order valence-electron chi connectivity index (χ1n) is 7.86. The Balaban J connectivity index is 2.29. The number of ether oxygens (including phenoxy) is 1. The number of aryl methyl sites for hydroxylation is 2. The number of carboxylic acids is 1. The summed E-state index contributed by atoms with van der Waals surface area (Å²) >= 11 is 0. The van der Waals surface area contributed by atoms with Gasteiger partial charge in [-0.25, -0.2) is 9.78 Å². The first-order valence-corrected chi connectivity index (χ1v) is 7.86. The SMILES string of the molecule is CCc1cccc2c(C(=O)O)cc(-c3ccc(OC)c(C)c3)nc12. The Bertz CT molecular complexity index is 932. The molecule has 2 aromatic carbocycles. The molecule has 4 nitrogen and oxygen atoms in total. The molecule has 122 valence electrons. The molecule has 4 heteroatoms. The van der Waals surface area contributed by atoms with Gasteiger partial charge < -0.3 is 9.84 Å². The van der Waals surface area contributed by atoms with E-state index in [0.29, 0.717) is 11.1 Å². The number of aromatic carboxylic acids is 1. The summed E-state index contributed by atoms with van der Waals surface area (Å²) in [6.07, 6.45) is 0.800. The fourth-order valence-electron chi connectivity index (χ4n) is 2.96. The van der Waals surface area contributed by atoms with Crippen molar-refractivity contribution in [2.45, 2.75) is 20.3 Å². The number of rotatable bonds is 4. The molecule has 1 aromatic heterocycles. The second kappa shape index (κ2) is 6.32. The van der Waals surface area contributed by atoms with E-state index in [4.69, 9.17) is 9.72 Å². The van der Waals surface area contributed by atoms with Crippen LogP contribution < -0.4 is 4.74 Å². The Hall–Kier alpha value is -2.88. The normalized spacial score (nSPS) is 10.8. The predicted molar refractivity (Wildman–Crippen MR) is 94.8 cm³/mol. The number of carbonyl (C=O) groups is 1. The van der Waals surface area contributed by atoms with Crippen molar-refractivity contribution in [2.75, 3.05) is 7.11 Å². The van der Waals surface area contributed by atoms with Gasteiger partial charge in [-0.15, -0.1) is 0 Å². The van der Waals surface area contributed by atoms with E-state index in [1.54, 1.807) is 13.2 Å². The zero-order valence-electron chi connectivity index (χ0n) is 14.0. The highest BCUT2D eigenvalue weighted by Crippen LogP contribution is 2.29. The van der Waals surface area contributed by atoms with E-state index in [9.17, 15) is 9.90 Å². The highest BCUT2D eigenvalue weighted by molar-refractivity contribution is 6.04. The van der Waals surface area contributed by atoms with Crippen LogP contribution >= 0.6 is 0 Å². The molecule has 3 aromatic rings. The number of hydrogen-bond acceptors (Lipinski definition) is 3. The molecule has 0 bridgehead atoms. The molecule has 0 aliphatic rings. The highest BCUT2D eigenvalue weighted by atomic mass is 16.5. The lowest BCUT2D eigenvalue weighted by Crippen LogP contribution is -2.02. The lowest BCUT2D eigenvalue weighted by Gasteiger charge is -2.11. The second-order valence-electron chi connectivity index (χ2n) is 5.71. The van der Waals surface area contributed by atoms with Crippen molar-refractivity contribution < 1.29 is 14.6 Å². The van der Waals surface area contributed by atoms with Gasteiger partial charge in [0.15, 0.2) is 0 Å². The van der Waals surface area contributed by atoms with Crippen LogP contribution in [0.4, 0.5) is 0 Å². The summed E-state index contributed by atoms with van der Waals surface area (Å²) in [5.41, 5.74) is 4.59. The third-order valence-electron chi connectivity index (χ3n) is 4.22. The molecule has 0 amide bonds. The van der Waals surface area contributed by atoms with Crippen molar-refractivity contribution in [3.8, 4) is 17.0 Å². The predicted octanol–water partition coefficient (Wildman–Crippen LogP) is 4.48. The van der Waals surface area contributed by atoms with E-state index in [-0.39, 0.29) is 5.56 Å². The van der Waals surface area contributed by atoms with Gasteiger partial charge in [-0.1, -0.05) is 25.1 Å². The van der Waals surface area contributed by atoms with Crippen LogP contribution in [0.3, 0.4) is 0 Å². The van der Waals surface area contributed by atoms with Crippen molar-refractivity contribution in [1.29, 1.82) is 0 Å². The number of para-hydroxylation sites is 1. The number of carboxylic acid groups (broad SMARTS) is 1. The molecule has 3 rings (SSSR count). The van der Waals surface area contributed by atoms with Crippen LogP contribution in [-0.4, -0.2) is 23.2 Å². The Morgan fingerprint density at radius 1 is 1.21 bits per heavy atom. The fourth-order valence-corrected chi connectivity index (χ4v) is 2.96. The van der Waals surface area contributed by atoms with Gasteiger partial charge >= 0.3 is 5.97 Å². The molecule has 0 atom stereocenters. The van der Waals surface area contributed by atoms with Gasteiger partial charge in [0.2, 0.25) is 0 Å². The first kappa shape index (κ1) is 16.0. The van der Waals surface area contributed by atoms with Crippen LogP contribution in [0.2, 0.25) is 0 Å². The molecule has 1 heterocycles. The third-order valence-corrected chi connectivity index (χ3v) is 4.22. The molecule has 0 fully saturated rings. The molecule has 0 radical (unpaired) electrons. The van der Waals surface area contributed by atoms with Gasteiger partial charge in [0.05, 0.1) is 23.9 Å². The lowest BCUT2D eigenvalue weighted by atomic mass is 10.00. The molecular formula is C20H19NO3. The van der Waals surface area contributed by atoms with Crippen LogP contribution in [0.25, 0.3) is 22.2 Å². The standard InChI is InChI=1S/C20H19NO3/c1-4-13-6-5-7-15-16(20(22)23)11-17(21-19(13)15)14-8-9-18(24-3)12(2)10-14/h5-11H,4H2,1-3H3,(H,22,23). The largest absolute Gasteiger partial charge is 0.496 e. The molecule has 24 heavy (non-hydrogen) atoms. The number of nitrogens with zero attached hydrogens (tertiary/aromatic N) is 1. The maximum atomic E-state index is 11.7. The van der Waals surface area contributed by atoms with Gasteiger partial charge in [0, 0.05) is 10.9 Å². The summed E-state index contributed by atoms with van der Waals surface area (Å²) in [7, 11) is 1.63. The van der Waals surface area contributed by atoms with Crippen molar-refractivity contribution >= 4 is 16.9 Å². The number of fused-ring (bicyclic) bond motifs is 1. The van der Waals surface area contributed by atoms with E-state index >= 15 is 0 Å². The van der Waals surface area contributed by atoms with Crippen LogP contribution in [0.5, 0.6) is 5.75 Å². The fraction of sp³-hybridized carbons (Fsp3) is 0.200. The molecular weight excluding hydrogens is 302 g/mol. The van der Waals surface area contributed by atoms with Gasteiger partial charge in [0.25, 0.3) is 0 Å².